The van der Waals surface area contributed by atoms with Gasteiger partial charge in [0.25, 0.3) is 0 Å². The smallest absolute Gasteiger partial charge is 0.313 e. The van der Waals surface area contributed by atoms with E-state index in [-0.39, 0.29) is 5.75 Å². The van der Waals surface area contributed by atoms with Crippen LogP contribution in [-0.4, -0.2) is 44.7 Å². The lowest BCUT2D eigenvalue weighted by Gasteiger charge is -2.24. The monoisotopic (exact) mass is 286 g/mol. The second-order valence-electron chi connectivity index (χ2n) is 4.58. The van der Waals surface area contributed by atoms with Gasteiger partial charge in [-0.15, -0.1) is 10.2 Å². The molecule has 1 unspecified atom stereocenters. The van der Waals surface area contributed by atoms with Gasteiger partial charge in [-0.05, 0) is 12.8 Å². The largest absolute Gasteiger partial charge is 0.481 e. The van der Waals surface area contributed by atoms with Gasteiger partial charge < -0.3 is 10.0 Å². The maximum Gasteiger partial charge on any atom is 0.313 e. The van der Waals surface area contributed by atoms with E-state index in [1.165, 1.54) is 11.8 Å². The molecule has 0 amide bonds. The summed E-state index contributed by atoms with van der Waals surface area (Å²) in [6, 6.07) is 0. The van der Waals surface area contributed by atoms with Crippen molar-refractivity contribution in [3.05, 3.63) is 0 Å². The summed E-state index contributed by atoms with van der Waals surface area (Å²) in [5.74, 6) is 0.549. The maximum atomic E-state index is 10.6. The molecule has 0 saturated carbocycles. The fourth-order valence-corrected chi connectivity index (χ4v) is 2.32. The van der Waals surface area contributed by atoms with E-state index in [0.29, 0.717) is 11.1 Å². The minimum absolute atomic E-state index is 0.00343. The van der Waals surface area contributed by atoms with E-state index in [2.05, 4.69) is 35.9 Å². The topological polar surface area (TPSA) is 71.2 Å². The number of aromatic nitrogens is 3. The first-order valence-electron chi connectivity index (χ1n) is 6.48. The molecule has 1 atom stereocenters. The number of hydrogen-bond acceptors (Lipinski definition) is 5. The fourth-order valence-electron chi connectivity index (χ4n) is 1.69. The van der Waals surface area contributed by atoms with E-state index in [4.69, 9.17) is 5.11 Å². The number of aliphatic carboxylic acids is 1. The van der Waals surface area contributed by atoms with Crippen LogP contribution in [0.5, 0.6) is 0 Å². The quantitative estimate of drug-likeness (QED) is 0.736. The molecule has 108 valence electrons. The third-order valence-corrected chi connectivity index (χ3v) is 4.04. The standard InChI is InChI=1S/C12H22N4O2S/c1-5-9(3)7-16(6-2)11-13-14-12(15(11)4)19-8-10(17)18/h9H,5-8H2,1-4H3,(H,17,18). The molecule has 0 saturated heterocycles. The van der Waals surface area contributed by atoms with Gasteiger partial charge in [0.15, 0.2) is 5.16 Å². The van der Waals surface area contributed by atoms with Crippen LogP contribution in [0.4, 0.5) is 5.95 Å². The van der Waals surface area contributed by atoms with Crippen molar-refractivity contribution in [1.29, 1.82) is 0 Å². The molecule has 0 aliphatic carbocycles. The molecular weight excluding hydrogens is 264 g/mol. The predicted octanol–water partition coefficient (Wildman–Crippen LogP) is 1.86. The second kappa shape index (κ2) is 7.37. The first-order valence-corrected chi connectivity index (χ1v) is 7.47. The van der Waals surface area contributed by atoms with Crippen molar-refractivity contribution in [3.8, 4) is 0 Å². The van der Waals surface area contributed by atoms with Crippen LogP contribution >= 0.6 is 11.8 Å². The summed E-state index contributed by atoms with van der Waals surface area (Å²) in [6.07, 6.45) is 1.12. The van der Waals surface area contributed by atoms with Gasteiger partial charge in [-0.25, -0.2) is 0 Å². The highest BCUT2D eigenvalue weighted by atomic mass is 32.2. The third-order valence-electron chi connectivity index (χ3n) is 3.03. The molecule has 0 fully saturated rings. The first-order chi connectivity index (χ1) is 8.99. The molecular formula is C12H22N4O2S. The Kier molecular flexibility index (Phi) is 6.14. The molecule has 1 rings (SSSR count). The number of carboxylic acids is 1. The van der Waals surface area contributed by atoms with Gasteiger partial charge >= 0.3 is 5.97 Å². The summed E-state index contributed by atoms with van der Waals surface area (Å²) in [7, 11) is 1.87. The average molecular weight is 286 g/mol. The molecule has 19 heavy (non-hydrogen) atoms. The van der Waals surface area contributed by atoms with Crippen molar-refractivity contribution in [2.24, 2.45) is 13.0 Å². The number of anilines is 1. The van der Waals surface area contributed by atoms with E-state index in [9.17, 15) is 4.79 Å². The Hall–Kier alpha value is -1.24. The molecule has 1 heterocycles. The zero-order valence-corrected chi connectivity index (χ0v) is 12.8. The van der Waals surface area contributed by atoms with Crippen LogP contribution < -0.4 is 4.90 Å². The highest BCUT2D eigenvalue weighted by molar-refractivity contribution is 7.99. The number of thioether (sulfide) groups is 1. The summed E-state index contributed by atoms with van der Waals surface area (Å²) in [4.78, 5) is 12.7. The van der Waals surface area contributed by atoms with Gasteiger partial charge in [0.2, 0.25) is 5.95 Å². The number of carboxylic acid groups (broad SMARTS) is 1. The van der Waals surface area contributed by atoms with Crippen molar-refractivity contribution in [2.75, 3.05) is 23.7 Å². The summed E-state index contributed by atoms with van der Waals surface area (Å²) >= 11 is 1.19. The Morgan fingerprint density at radius 3 is 2.68 bits per heavy atom. The molecule has 0 aliphatic rings. The fraction of sp³-hybridized carbons (Fsp3) is 0.750. The van der Waals surface area contributed by atoms with Crippen molar-refractivity contribution in [3.63, 3.8) is 0 Å². The lowest BCUT2D eigenvalue weighted by atomic mass is 10.1. The molecule has 0 aromatic carbocycles. The van der Waals surface area contributed by atoms with Gasteiger partial charge in [-0.1, -0.05) is 32.0 Å². The SMILES string of the molecule is CCC(C)CN(CC)c1nnc(SCC(=O)O)n1C. The van der Waals surface area contributed by atoms with E-state index in [1.807, 2.05) is 11.6 Å². The van der Waals surface area contributed by atoms with Gasteiger partial charge in [0.05, 0.1) is 5.75 Å². The first kappa shape index (κ1) is 15.8. The highest BCUT2D eigenvalue weighted by Crippen LogP contribution is 2.21. The number of carbonyl (C=O) groups is 1. The minimum Gasteiger partial charge on any atom is -0.481 e. The second-order valence-corrected chi connectivity index (χ2v) is 5.52. The lowest BCUT2D eigenvalue weighted by Crippen LogP contribution is -2.30. The van der Waals surface area contributed by atoms with Crippen LogP contribution in [0.3, 0.4) is 0 Å². The molecule has 0 radical (unpaired) electrons. The van der Waals surface area contributed by atoms with E-state index in [1.54, 1.807) is 0 Å². The number of rotatable bonds is 8. The van der Waals surface area contributed by atoms with Crippen LogP contribution in [-0.2, 0) is 11.8 Å². The Labute approximate surface area is 118 Å². The molecule has 0 aliphatic heterocycles. The maximum absolute atomic E-state index is 10.6. The zero-order valence-electron chi connectivity index (χ0n) is 12.0. The molecule has 1 aromatic rings. The van der Waals surface area contributed by atoms with Crippen LogP contribution in [0, 0.1) is 5.92 Å². The van der Waals surface area contributed by atoms with Crippen LogP contribution in [0.1, 0.15) is 27.2 Å². The summed E-state index contributed by atoms with van der Waals surface area (Å²) < 4.78 is 1.86. The van der Waals surface area contributed by atoms with E-state index in [0.717, 1.165) is 25.5 Å². The highest BCUT2D eigenvalue weighted by Gasteiger charge is 2.17. The summed E-state index contributed by atoms with van der Waals surface area (Å²) in [5, 5.41) is 17.6. The Balaban J connectivity index is 2.79. The molecule has 6 nitrogen and oxygen atoms in total. The van der Waals surface area contributed by atoms with Crippen molar-refractivity contribution < 1.29 is 9.90 Å². The Morgan fingerprint density at radius 1 is 1.47 bits per heavy atom. The molecule has 7 heteroatoms. The minimum atomic E-state index is -0.846. The predicted molar refractivity (Wildman–Crippen MR) is 76.7 cm³/mol. The van der Waals surface area contributed by atoms with Crippen LogP contribution in [0.2, 0.25) is 0 Å². The lowest BCUT2D eigenvalue weighted by molar-refractivity contribution is -0.133. The van der Waals surface area contributed by atoms with E-state index >= 15 is 0 Å². The number of hydrogen-bond donors (Lipinski definition) is 1. The Morgan fingerprint density at radius 2 is 2.16 bits per heavy atom. The van der Waals surface area contributed by atoms with Crippen LogP contribution in [0.25, 0.3) is 0 Å². The van der Waals surface area contributed by atoms with Crippen LogP contribution in [0.15, 0.2) is 5.16 Å². The zero-order chi connectivity index (χ0) is 14.4. The summed E-state index contributed by atoms with van der Waals surface area (Å²) in [6.45, 7) is 8.26. The summed E-state index contributed by atoms with van der Waals surface area (Å²) in [5.41, 5.74) is 0. The molecule has 1 aromatic heterocycles. The average Bonchev–Trinajstić information content (AvgIpc) is 2.74. The van der Waals surface area contributed by atoms with Crippen molar-refractivity contribution in [1.82, 2.24) is 14.8 Å². The normalized spacial score (nSPS) is 12.4. The third kappa shape index (κ3) is 4.41. The van der Waals surface area contributed by atoms with Gasteiger partial charge in [-0.2, -0.15) is 0 Å². The molecule has 0 bridgehead atoms. The Bertz CT molecular complexity index is 422. The van der Waals surface area contributed by atoms with Crippen molar-refractivity contribution >= 4 is 23.7 Å². The molecule has 0 spiro atoms. The van der Waals surface area contributed by atoms with Gasteiger partial charge in [0, 0.05) is 20.1 Å². The van der Waals surface area contributed by atoms with Crippen molar-refractivity contribution in [2.45, 2.75) is 32.3 Å². The molecule has 1 N–H and O–H groups in total. The van der Waals surface area contributed by atoms with Gasteiger partial charge in [0.1, 0.15) is 0 Å². The van der Waals surface area contributed by atoms with Gasteiger partial charge in [-0.3, -0.25) is 9.36 Å². The number of nitrogens with zero attached hydrogens (tertiary/aromatic N) is 4. The van der Waals surface area contributed by atoms with E-state index < -0.39 is 5.97 Å².